The predicted octanol–water partition coefficient (Wildman–Crippen LogP) is 3.04. The second-order valence-corrected chi connectivity index (χ2v) is 7.99. The van der Waals surface area contributed by atoms with E-state index in [0.717, 1.165) is 22.6 Å². The number of urea groups is 1. The molecular weight excluding hydrogens is 416 g/mol. The Hall–Kier alpha value is -3.02. The highest BCUT2D eigenvalue weighted by Crippen LogP contribution is 2.24. The minimum Gasteiger partial charge on any atom is -0.497 e. The van der Waals surface area contributed by atoms with Gasteiger partial charge in [0, 0.05) is 29.9 Å². The van der Waals surface area contributed by atoms with Crippen LogP contribution in [0.1, 0.15) is 5.56 Å². The number of rotatable bonds is 5. The lowest BCUT2D eigenvalue weighted by molar-refractivity contribution is 0.251. The van der Waals surface area contributed by atoms with E-state index in [0.29, 0.717) is 17.9 Å². The van der Waals surface area contributed by atoms with Crippen LogP contribution in [0, 0.1) is 0 Å². The number of aromatic nitrogens is 2. The fourth-order valence-corrected chi connectivity index (χ4v) is 2.81. The molecule has 2 heterocycles. The number of anilines is 1. The quantitative estimate of drug-likeness (QED) is 0.524. The van der Waals surface area contributed by atoms with Gasteiger partial charge in [-0.2, -0.15) is 8.42 Å². The Labute approximate surface area is 172 Å². The number of amides is 2. The van der Waals surface area contributed by atoms with Gasteiger partial charge in [-0.25, -0.2) is 9.78 Å². The molecule has 29 heavy (non-hydrogen) atoms. The van der Waals surface area contributed by atoms with Crippen LogP contribution in [0.3, 0.4) is 0 Å². The van der Waals surface area contributed by atoms with E-state index in [1.54, 1.807) is 19.5 Å². The fourth-order valence-electron chi connectivity index (χ4n) is 2.09. The van der Waals surface area contributed by atoms with Crippen molar-refractivity contribution in [2.24, 2.45) is 0 Å². The highest BCUT2D eigenvalue weighted by molar-refractivity contribution is 7.85. The molecule has 3 rings (SSSR count). The molecule has 0 aliphatic rings. The summed E-state index contributed by atoms with van der Waals surface area (Å²) in [5.74, 6) is 0.761. The first-order valence-electron chi connectivity index (χ1n) is 8.21. The van der Waals surface area contributed by atoms with Crippen molar-refractivity contribution in [3.8, 4) is 17.0 Å². The number of nitrogens with one attached hydrogen (secondary N) is 2. The van der Waals surface area contributed by atoms with E-state index < -0.39 is 10.1 Å². The van der Waals surface area contributed by atoms with Crippen molar-refractivity contribution in [1.29, 1.82) is 0 Å². The van der Waals surface area contributed by atoms with Gasteiger partial charge < -0.3 is 10.1 Å². The van der Waals surface area contributed by atoms with Crippen LogP contribution in [0.15, 0.2) is 54.2 Å². The summed E-state index contributed by atoms with van der Waals surface area (Å²) in [7, 11) is -2.05. The molecule has 0 saturated carbocycles. The van der Waals surface area contributed by atoms with E-state index >= 15 is 0 Å². The summed E-state index contributed by atoms with van der Waals surface area (Å²) in [4.78, 5) is 20.4. The van der Waals surface area contributed by atoms with Crippen molar-refractivity contribution >= 4 is 32.6 Å². The Morgan fingerprint density at radius 2 is 1.93 bits per heavy atom. The molecule has 0 bridgehead atoms. The molecule has 9 nitrogen and oxygen atoms in total. The van der Waals surface area contributed by atoms with E-state index in [1.807, 2.05) is 41.8 Å². The number of benzene rings is 1. The zero-order chi connectivity index (χ0) is 21.3. The maximum atomic E-state index is 12.0. The summed E-state index contributed by atoms with van der Waals surface area (Å²) in [6.45, 7) is 0.408. The highest BCUT2D eigenvalue weighted by Gasteiger charge is 2.08. The van der Waals surface area contributed by atoms with Gasteiger partial charge in [0.2, 0.25) is 0 Å². The van der Waals surface area contributed by atoms with Crippen molar-refractivity contribution in [3.63, 3.8) is 0 Å². The van der Waals surface area contributed by atoms with Crippen molar-refractivity contribution in [1.82, 2.24) is 15.3 Å². The van der Waals surface area contributed by atoms with Crippen molar-refractivity contribution < 1.29 is 22.5 Å². The van der Waals surface area contributed by atoms with Crippen LogP contribution < -0.4 is 15.4 Å². The second-order valence-electron chi connectivity index (χ2n) is 5.67. The molecule has 1 aromatic carbocycles. The summed E-state index contributed by atoms with van der Waals surface area (Å²) in [5.41, 5.74) is 2.73. The Morgan fingerprint density at radius 1 is 1.24 bits per heavy atom. The first-order valence-corrected chi connectivity index (χ1v) is 10.9. The average molecular weight is 437 g/mol. The minimum absolute atomic E-state index is 0.298. The third-order valence-electron chi connectivity index (χ3n) is 3.29. The molecule has 2 aromatic heterocycles. The topological polar surface area (TPSA) is 131 Å². The maximum Gasteiger partial charge on any atom is 0.321 e. The monoisotopic (exact) mass is 436 g/mol. The molecule has 2 amide bonds. The van der Waals surface area contributed by atoms with Crippen LogP contribution >= 0.6 is 11.3 Å². The first kappa shape index (κ1) is 22.3. The lowest BCUT2D eigenvalue weighted by Gasteiger charge is -2.07. The number of carbonyl (C=O) groups is 1. The first-order chi connectivity index (χ1) is 13.7. The Morgan fingerprint density at radius 3 is 2.59 bits per heavy atom. The molecule has 0 saturated heterocycles. The van der Waals surface area contributed by atoms with E-state index in [4.69, 9.17) is 9.29 Å². The SMILES string of the molecule is COc1cccc(CNC(=O)Nc2nc(-c3ccncc3)cs2)c1.CS(=O)(=O)O. The van der Waals surface area contributed by atoms with Crippen LogP contribution in [0.25, 0.3) is 11.3 Å². The zero-order valence-corrected chi connectivity index (χ0v) is 17.3. The molecule has 0 atom stereocenters. The predicted molar refractivity (Wildman–Crippen MR) is 112 cm³/mol. The number of pyridine rings is 1. The fraction of sp³-hybridized carbons (Fsp3) is 0.167. The van der Waals surface area contributed by atoms with Gasteiger partial charge in [0.1, 0.15) is 5.75 Å². The molecule has 0 fully saturated rings. The van der Waals surface area contributed by atoms with E-state index in [-0.39, 0.29) is 6.03 Å². The highest BCUT2D eigenvalue weighted by atomic mass is 32.2. The molecule has 0 radical (unpaired) electrons. The number of nitrogens with zero attached hydrogens (tertiary/aromatic N) is 2. The van der Waals surface area contributed by atoms with Crippen molar-refractivity contribution in [3.05, 3.63) is 59.7 Å². The van der Waals surface area contributed by atoms with Gasteiger partial charge in [0.05, 0.1) is 19.1 Å². The van der Waals surface area contributed by atoms with Crippen LogP contribution in [0.5, 0.6) is 5.75 Å². The summed E-state index contributed by atoms with van der Waals surface area (Å²) >= 11 is 1.38. The Balaban J connectivity index is 0.000000537. The number of thiazole rings is 1. The van der Waals surface area contributed by atoms with Crippen molar-refractivity contribution in [2.45, 2.75) is 6.54 Å². The number of ether oxygens (including phenoxy) is 1. The van der Waals surface area contributed by atoms with Crippen molar-refractivity contribution in [2.75, 3.05) is 18.7 Å². The van der Waals surface area contributed by atoms with E-state index in [2.05, 4.69) is 20.6 Å². The van der Waals surface area contributed by atoms with Gasteiger partial charge in [0.25, 0.3) is 10.1 Å². The number of hydrogen-bond acceptors (Lipinski definition) is 7. The summed E-state index contributed by atoms with van der Waals surface area (Å²) in [6.07, 6.45) is 4.14. The number of carbonyl (C=O) groups excluding carboxylic acids is 1. The number of hydrogen-bond donors (Lipinski definition) is 3. The smallest absolute Gasteiger partial charge is 0.321 e. The maximum absolute atomic E-state index is 12.0. The largest absolute Gasteiger partial charge is 0.497 e. The van der Waals surface area contributed by atoms with Gasteiger partial charge in [-0.05, 0) is 29.8 Å². The third-order valence-corrected chi connectivity index (χ3v) is 4.05. The van der Waals surface area contributed by atoms with Gasteiger partial charge in [-0.1, -0.05) is 12.1 Å². The standard InChI is InChI=1S/C17H16N4O2S.CH4O3S/c1-23-14-4-2-3-12(9-14)10-19-16(22)21-17-20-15(11-24-17)13-5-7-18-8-6-13;1-5(2,3)4/h2-9,11H,10H2,1H3,(H2,19,20,21,22);1H3,(H,2,3,4). The molecular formula is C18H20N4O5S2. The lowest BCUT2D eigenvalue weighted by atomic mass is 10.2. The van der Waals surface area contributed by atoms with E-state index in [9.17, 15) is 13.2 Å². The van der Waals surface area contributed by atoms with Gasteiger partial charge in [0.15, 0.2) is 5.13 Å². The third kappa shape index (κ3) is 8.68. The second kappa shape index (κ2) is 10.5. The molecule has 0 unspecified atom stereocenters. The summed E-state index contributed by atoms with van der Waals surface area (Å²) in [6, 6.07) is 11.0. The van der Waals surface area contributed by atoms with Gasteiger partial charge in [-0.15, -0.1) is 11.3 Å². The lowest BCUT2D eigenvalue weighted by Crippen LogP contribution is -2.28. The van der Waals surface area contributed by atoms with Crippen LogP contribution in [0.4, 0.5) is 9.93 Å². The van der Waals surface area contributed by atoms with Gasteiger partial charge in [-0.3, -0.25) is 14.9 Å². The average Bonchev–Trinajstić information content (AvgIpc) is 3.14. The molecule has 0 aliphatic heterocycles. The van der Waals surface area contributed by atoms with Crippen LogP contribution in [-0.4, -0.2) is 42.3 Å². The van der Waals surface area contributed by atoms with E-state index in [1.165, 1.54) is 11.3 Å². The molecule has 3 aromatic rings. The summed E-state index contributed by atoms with van der Waals surface area (Å²) in [5, 5.41) is 7.98. The molecule has 11 heteroatoms. The zero-order valence-electron chi connectivity index (χ0n) is 15.7. The minimum atomic E-state index is -3.67. The molecule has 0 aliphatic carbocycles. The normalized spacial score (nSPS) is 10.4. The Bertz CT molecular complexity index is 1030. The number of methoxy groups -OCH3 is 1. The Kier molecular flexibility index (Phi) is 8.07. The molecule has 154 valence electrons. The summed E-state index contributed by atoms with van der Waals surface area (Å²) < 4.78 is 31.0. The molecule has 3 N–H and O–H groups in total. The molecule has 0 spiro atoms. The van der Waals surface area contributed by atoms with Gasteiger partial charge >= 0.3 is 6.03 Å². The van der Waals surface area contributed by atoms with Crippen LogP contribution in [0.2, 0.25) is 0 Å². The van der Waals surface area contributed by atoms with Crippen LogP contribution in [-0.2, 0) is 16.7 Å².